The molecule has 5 nitrogen and oxygen atoms in total. The van der Waals surface area contributed by atoms with Crippen LogP contribution >= 0.6 is 0 Å². The number of ether oxygens (including phenoxy) is 1. The van der Waals surface area contributed by atoms with Crippen LogP contribution in [0.2, 0.25) is 0 Å². The van der Waals surface area contributed by atoms with E-state index in [9.17, 15) is 8.42 Å². The van der Waals surface area contributed by atoms with Crippen molar-refractivity contribution in [3.05, 3.63) is 0 Å². The second-order valence-electron chi connectivity index (χ2n) is 5.24. The van der Waals surface area contributed by atoms with Crippen LogP contribution in [0.5, 0.6) is 0 Å². The highest BCUT2D eigenvalue weighted by atomic mass is 32.2. The lowest BCUT2D eigenvalue weighted by Gasteiger charge is -2.30. The zero-order valence-electron chi connectivity index (χ0n) is 9.97. The van der Waals surface area contributed by atoms with E-state index in [1.165, 1.54) is 0 Å². The Kier molecular flexibility index (Phi) is 3.15. The lowest BCUT2D eigenvalue weighted by Crippen LogP contribution is -2.45. The SMILES string of the molecule is O=S(=O)(C1CCOCC1)N1CC[C@H]2CNC[C@H]21. The van der Waals surface area contributed by atoms with Crippen molar-refractivity contribution in [3.63, 3.8) is 0 Å². The van der Waals surface area contributed by atoms with Crippen LogP contribution in [0.15, 0.2) is 0 Å². The fourth-order valence-corrected chi connectivity index (χ4v) is 5.45. The van der Waals surface area contributed by atoms with Gasteiger partial charge in [0.2, 0.25) is 10.0 Å². The average molecular weight is 260 g/mol. The number of nitrogens with zero attached hydrogens (tertiary/aromatic N) is 1. The average Bonchev–Trinajstić information content (AvgIpc) is 2.91. The Labute approximate surface area is 103 Å². The van der Waals surface area contributed by atoms with E-state index in [0.29, 0.717) is 32.0 Å². The van der Waals surface area contributed by atoms with Gasteiger partial charge >= 0.3 is 0 Å². The summed E-state index contributed by atoms with van der Waals surface area (Å²) in [6.45, 7) is 3.70. The molecule has 0 bridgehead atoms. The van der Waals surface area contributed by atoms with Gasteiger partial charge in [-0.3, -0.25) is 0 Å². The van der Waals surface area contributed by atoms with E-state index in [0.717, 1.165) is 26.1 Å². The minimum Gasteiger partial charge on any atom is -0.381 e. The van der Waals surface area contributed by atoms with E-state index in [1.54, 1.807) is 4.31 Å². The maximum absolute atomic E-state index is 12.6. The predicted octanol–water partition coefficient (Wildman–Crippen LogP) is -0.211. The molecule has 3 aliphatic rings. The first-order valence-corrected chi connectivity index (χ1v) is 7.99. The monoisotopic (exact) mass is 260 g/mol. The first kappa shape index (κ1) is 11.9. The molecular weight excluding hydrogens is 240 g/mol. The van der Waals surface area contributed by atoms with Gasteiger partial charge in [-0.05, 0) is 31.7 Å². The molecule has 98 valence electrons. The molecule has 0 unspecified atom stereocenters. The van der Waals surface area contributed by atoms with Gasteiger partial charge in [-0.25, -0.2) is 8.42 Å². The molecule has 3 rings (SSSR count). The lowest BCUT2D eigenvalue weighted by molar-refractivity contribution is 0.0971. The molecule has 0 spiro atoms. The number of hydrogen-bond donors (Lipinski definition) is 1. The largest absolute Gasteiger partial charge is 0.381 e. The number of nitrogens with one attached hydrogen (secondary N) is 1. The van der Waals surface area contributed by atoms with Crippen molar-refractivity contribution in [2.75, 3.05) is 32.8 Å². The quantitative estimate of drug-likeness (QED) is 0.746. The van der Waals surface area contributed by atoms with Crippen molar-refractivity contribution < 1.29 is 13.2 Å². The maximum Gasteiger partial charge on any atom is 0.217 e. The second-order valence-corrected chi connectivity index (χ2v) is 7.41. The Bertz CT molecular complexity index is 378. The molecule has 0 aliphatic carbocycles. The van der Waals surface area contributed by atoms with Gasteiger partial charge < -0.3 is 10.1 Å². The van der Waals surface area contributed by atoms with Crippen LogP contribution in [0, 0.1) is 5.92 Å². The van der Waals surface area contributed by atoms with Crippen LogP contribution in [-0.2, 0) is 14.8 Å². The highest BCUT2D eigenvalue weighted by molar-refractivity contribution is 7.89. The number of hydrogen-bond acceptors (Lipinski definition) is 4. The summed E-state index contributed by atoms with van der Waals surface area (Å²) in [4.78, 5) is 0. The van der Waals surface area contributed by atoms with E-state index >= 15 is 0 Å². The normalized spacial score (nSPS) is 36.2. The Morgan fingerprint density at radius 1 is 1.12 bits per heavy atom. The summed E-state index contributed by atoms with van der Waals surface area (Å²) in [5.41, 5.74) is 0. The van der Waals surface area contributed by atoms with Gasteiger partial charge in [0.25, 0.3) is 0 Å². The van der Waals surface area contributed by atoms with Gasteiger partial charge in [0.15, 0.2) is 0 Å². The summed E-state index contributed by atoms with van der Waals surface area (Å²) in [7, 11) is -3.10. The summed E-state index contributed by atoms with van der Waals surface area (Å²) in [6, 6.07) is 0.211. The van der Waals surface area contributed by atoms with Crippen molar-refractivity contribution in [1.29, 1.82) is 0 Å². The topological polar surface area (TPSA) is 58.6 Å². The van der Waals surface area contributed by atoms with Gasteiger partial charge in [0, 0.05) is 32.3 Å². The van der Waals surface area contributed by atoms with Crippen LogP contribution < -0.4 is 5.32 Å². The molecule has 0 saturated carbocycles. The lowest BCUT2D eigenvalue weighted by atomic mass is 10.1. The molecule has 3 fully saturated rings. The van der Waals surface area contributed by atoms with Crippen LogP contribution in [0.4, 0.5) is 0 Å². The summed E-state index contributed by atoms with van der Waals surface area (Å²) >= 11 is 0. The second kappa shape index (κ2) is 4.50. The maximum atomic E-state index is 12.6. The zero-order chi connectivity index (χ0) is 11.9. The molecule has 0 aromatic rings. The van der Waals surface area contributed by atoms with Crippen molar-refractivity contribution in [2.45, 2.75) is 30.6 Å². The third-order valence-corrected chi connectivity index (χ3v) is 6.73. The first-order valence-electron chi connectivity index (χ1n) is 6.49. The van der Waals surface area contributed by atoms with Crippen molar-refractivity contribution in [3.8, 4) is 0 Å². The Morgan fingerprint density at radius 2 is 1.88 bits per heavy atom. The molecule has 6 heteroatoms. The number of rotatable bonds is 2. The molecule has 3 saturated heterocycles. The number of sulfonamides is 1. The summed E-state index contributed by atoms with van der Waals surface area (Å²) in [5.74, 6) is 0.532. The van der Waals surface area contributed by atoms with Crippen LogP contribution in [0.3, 0.4) is 0 Å². The number of fused-ring (bicyclic) bond motifs is 1. The summed E-state index contributed by atoms with van der Waals surface area (Å²) < 4.78 is 32.2. The smallest absolute Gasteiger partial charge is 0.217 e. The Hall–Kier alpha value is -0.170. The van der Waals surface area contributed by atoms with Gasteiger partial charge in [0.05, 0.1) is 5.25 Å². The minimum absolute atomic E-state index is 0.211. The van der Waals surface area contributed by atoms with Gasteiger partial charge in [-0.2, -0.15) is 4.31 Å². The van der Waals surface area contributed by atoms with E-state index in [-0.39, 0.29) is 11.3 Å². The van der Waals surface area contributed by atoms with Crippen molar-refractivity contribution in [2.24, 2.45) is 5.92 Å². The van der Waals surface area contributed by atoms with Crippen LogP contribution in [0.25, 0.3) is 0 Å². The Morgan fingerprint density at radius 3 is 2.65 bits per heavy atom. The molecule has 3 heterocycles. The molecular formula is C11H20N2O3S. The minimum atomic E-state index is -3.10. The zero-order valence-corrected chi connectivity index (χ0v) is 10.8. The molecule has 0 aromatic carbocycles. The molecule has 2 atom stereocenters. The highest BCUT2D eigenvalue weighted by Gasteiger charge is 2.45. The van der Waals surface area contributed by atoms with Gasteiger partial charge in [-0.1, -0.05) is 0 Å². The summed E-state index contributed by atoms with van der Waals surface area (Å²) in [6.07, 6.45) is 2.33. The van der Waals surface area contributed by atoms with Crippen molar-refractivity contribution in [1.82, 2.24) is 9.62 Å². The highest BCUT2D eigenvalue weighted by Crippen LogP contribution is 2.32. The molecule has 1 N–H and O–H groups in total. The van der Waals surface area contributed by atoms with E-state index in [4.69, 9.17) is 4.74 Å². The van der Waals surface area contributed by atoms with E-state index < -0.39 is 10.0 Å². The Balaban J connectivity index is 1.77. The van der Waals surface area contributed by atoms with Crippen LogP contribution in [-0.4, -0.2) is 56.9 Å². The molecule has 0 aromatic heterocycles. The fraction of sp³-hybridized carbons (Fsp3) is 1.00. The predicted molar refractivity (Wildman–Crippen MR) is 64.2 cm³/mol. The molecule has 0 amide bonds. The van der Waals surface area contributed by atoms with E-state index in [2.05, 4.69) is 5.32 Å². The molecule has 17 heavy (non-hydrogen) atoms. The van der Waals surface area contributed by atoms with Crippen LogP contribution in [0.1, 0.15) is 19.3 Å². The van der Waals surface area contributed by atoms with Crippen molar-refractivity contribution >= 4 is 10.0 Å². The van der Waals surface area contributed by atoms with Gasteiger partial charge in [0.1, 0.15) is 0 Å². The van der Waals surface area contributed by atoms with E-state index in [1.807, 2.05) is 0 Å². The third-order valence-electron chi connectivity index (χ3n) is 4.31. The third kappa shape index (κ3) is 2.01. The summed E-state index contributed by atoms with van der Waals surface area (Å²) in [5, 5.41) is 3.09. The standard InChI is InChI=1S/C11H20N2O3S/c14-17(15,10-2-5-16-6-3-10)13-4-1-9-7-12-8-11(9)13/h9-12H,1-8H2/t9-,11+/m0/s1. The molecule has 3 aliphatic heterocycles. The molecule has 0 radical (unpaired) electrons. The van der Waals surface area contributed by atoms with Gasteiger partial charge in [-0.15, -0.1) is 0 Å². The first-order chi connectivity index (χ1) is 8.19. The fourth-order valence-electron chi connectivity index (χ4n) is 3.29.